The van der Waals surface area contributed by atoms with Crippen molar-refractivity contribution in [3.63, 3.8) is 0 Å². The van der Waals surface area contributed by atoms with Crippen LogP contribution in [0.1, 0.15) is 38.8 Å². The molecule has 0 radical (unpaired) electrons. The molecule has 1 atom stereocenters. The van der Waals surface area contributed by atoms with E-state index in [-0.39, 0.29) is 5.54 Å². The second kappa shape index (κ2) is 7.06. The van der Waals surface area contributed by atoms with Crippen LogP contribution in [0, 0.1) is 0 Å². The first-order valence-corrected chi connectivity index (χ1v) is 7.33. The van der Waals surface area contributed by atoms with Crippen LogP contribution in [0.2, 0.25) is 0 Å². The Morgan fingerprint density at radius 3 is 2.37 bits per heavy atom. The van der Waals surface area contributed by atoms with E-state index in [0.717, 1.165) is 25.7 Å². The summed E-state index contributed by atoms with van der Waals surface area (Å²) in [6.45, 7) is 4.58. The van der Waals surface area contributed by atoms with E-state index in [0.29, 0.717) is 6.04 Å². The maximum atomic E-state index is 4.24. The van der Waals surface area contributed by atoms with E-state index in [9.17, 15) is 0 Å². The number of nitrogens with zero attached hydrogens (tertiary/aromatic N) is 3. The number of hydrogen-bond donors (Lipinski definition) is 1. The van der Waals surface area contributed by atoms with Gasteiger partial charge in [-0.25, -0.2) is 0 Å². The largest absolute Gasteiger partial charge is 0.315 e. The lowest BCUT2D eigenvalue weighted by Gasteiger charge is -2.45. The number of hydrogen-bond acceptors (Lipinski definition) is 3. The van der Waals surface area contributed by atoms with E-state index in [2.05, 4.69) is 56.4 Å². The molecule has 4 nitrogen and oxygen atoms in total. The van der Waals surface area contributed by atoms with Gasteiger partial charge in [0.25, 0.3) is 0 Å². The van der Waals surface area contributed by atoms with Gasteiger partial charge in [-0.15, -0.1) is 0 Å². The first kappa shape index (κ1) is 16.2. The van der Waals surface area contributed by atoms with Crippen molar-refractivity contribution in [2.75, 3.05) is 21.1 Å². The van der Waals surface area contributed by atoms with E-state index >= 15 is 0 Å². The number of aromatic nitrogens is 2. The van der Waals surface area contributed by atoms with Crippen molar-refractivity contribution in [2.45, 2.75) is 51.1 Å². The Balaban J connectivity index is 2.78. The van der Waals surface area contributed by atoms with Crippen LogP contribution in [0.15, 0.2) is 12.3 Å². The number of nitrogens with one attached hydrogen (secondary N) is 1. The van der Waals surface area contributed by atoms with Gasteiger partial charge >= 0.3 is 0 Å². The van der Waals surface area contributed by atoms with E-state index in [1.54, 1.807) is 0 Å². The normalized spacial score (nSPS) is 14.1. The van der Waals surface area contributed by atoms with Crippen LogP contribution >= 0.6 is 0 Å². The molecule has 19 heavy (non-hydrogen) atoms. The fraction of sp³-hybridized carbons (Fsp3) is 0.800. The second-order valence-corrected chi connectivity index (χ2v) is 5.53. The third-order valence-electron chi connectivity index (χ3n) is 4.72. The lowest BCUT2D eigenvalue weighted by atomic mass is 9.81. The molecule has 110 valence electrons. The average molecular weight is 266 g/mol. The molecule has 0 aliphatic heterocycles. The monoisotopic (exact) mass is 266 g/mol. The zero-order valence-corrected chi connectivity index (χ0v) is 13.4. The third kappa shape index (κ3) is 3.37. The number of aryl methyl sites for hydroxylation is 2. The number of likely N-dealkylation sites (N-methyl/N-ethyl adjacent to an activating group) is 2. The molecule has 0 amide bonds. The third-order valence-corrected chi connectivity index (χ3v) is 4.72. The lowest BCUT2D eigenvalue weighted by Crippen LogP contribution is -2.57. The Hall–Kier alpha value is -0.870. The van der Waals surface area contributed by atoms with E-state index < -0.39 is 0 Å². The molecule has 4 heteroatoms. The predicted octanol–water partition coefficient (Wildman–Crippen LogP) is 2.06. The Bertz CT molecular complexity index is 366. The van der Waals surface area contributed by atoms with Gasteiger partial charge < -0.3 is 10.2 Å². The minimum absolute atomic E-state index is 0.230. The van der Waals surface area contributed by atoms with Crippen LogP contribution in [-0.2, 0) is 13.5 Å². The maximum Gasteiger partial charge on any atom is 0.0492 e. The maximum absolute atomic E-state index is 4.24. The van der Waals surface area contributed by atoms with Crippen molar-refractivity contribution in [3.8, 4) is 0 Å². The Morgan fingerprint density at radius 2 is 2.00 bits per heavy atom. The highest BCUT2D eigenvalue weighted by Crippen LogP contribution is 2.28. The fourth-order valence-corrected chi connectivity index (χ4v) is 3.31. The van der Waals surface area contributed by atoms with Gasteiger partial charge in [0.05, 0.1) is 0 Å². The van der Waals surface area contributed by atoms with Crippen molar-refractivity contribution in [3.05, 3.63) is 18.0 Å². The first-order valence-electron chi connectivity index (χ1n) is 7.33. The van der Waals surface area contributed by atoms with Crippen molar-refractivity contribution >= 4 is 0 Å². The summed E-state index contributed by atoms with van der Waals surface area (Å²) < 4.78 is 1.97. The lowest BCUT2D eigenvalue weighted by molar-refractivity contribution is 0.0876. The summed E-state index contributed by atoms with van der Waals surface area (Å²) in [7, 11) is 8.49. The van der Waals surface area contributed by atoms with Crippen LogP contribution in [0.3, 0.4) is 0 Å². The van der Waals surface area contributed by atoms with Gasteiger partial charge in [-0.05, 0) is 52.9 Å². The summed E-state index contributed by atoms with van der Waals surface area (Å²) in [5.41, 5.74) is 1.54. The summed E-state index contributed by atoms with van der Waals surface area (Å²) in [6.07, 6.45) is 6.40. The van der Waals surface area contributed by atoms with Crippen molar-refractivity contribution in [1.29, 1.82) is 0 Å². The summed E-state index contributed by atoms with van der Waals surface area (Å²) in [5.74, 6) is 0. The van der Waals surface area contributed by atoms with Gasteiger partial charge in [-0.3, -0.25) is 4.68 Å². The molecule has 1 heterocycles. The van der Waals surface area contributed by atoms with Gasteiger partial charge in [0, 0.05) is 30.5 Å². The van der Waals surface area contributed by atoms with Crippen LogP contribution < -0.4 is 5.32 Å². The minimum atomic E-state index is 0.230. The molecule has 1 aromatic heterocycles. The molecule has 0 fully saturated rings. The molecule has 0 saturated heterocycles. The standard InChI is InChI=1S/C15H30N4/c1-7-15(8-2,18(4)5)14(16-3)10-9-13-11-12-17-19(13)6/h11-12,14,16H,7-10H2,1-6H3. The fourth-order valence-electron chi connectivity index (χ4n) is 3.31. The molecule has 1 N–H and O–H groups in total. The van der Waals surface area contributed by atoms with Crippen molar-refractivity contribution in [2.24, 2.45) is 7.05 Å². The first-order chi connectivity index (χ1) is 9.01. The molecule has 1 aromatic rings. The predicted molar refractivity (Wildman–Crippen MR) is 81.4 cm³/mol. The van der Waals surface area contributed by atoms with Crippen LogP contribution in [0.4, 0.5) is 0 Å². The Kier molecular flexibility index (Phi) is 6.01. The van der Waals surface area contributed by atoms with E-state index in [1.807, 2.05) is 17.9 Å². The number of rotatable bonds is 8. The van der Waals surface area contributed by atoms with Gasteiger partial charge in [0.2, 0.25) is 0 Å². The highest BCUT2D eigenvalue weighted by molar-refractivity contribution is 5.03. The smallest absolute Gasteiger partial charge is 0.0492 e. The van der Waals surface area contributed by atoms with Crippen LogP contribution in [0.25, 0.3) is 0 Å². The van der Waals surface area contributed by atoms with Gasteiger partial charge in [-0.1, -0.05) is 13.8 Å². The minimum Gasteiger partial charge on any atom is -0.315 e. The summed E-state index contributed by atoms with van der Waals surface area (Å²) >= 11 is 0. The van der Waals surface area contributed by atoms with Crippen molar-refractivity contribution < 1.29 is 0 Å². The summed E-state index contributed by atoms with van der Waals surface area (Å²) in [4.78, 5) is 2.39. The Morgan fingerprint density at radius 1 is 1.37 bits per heavy atom. The highest BCUT2D eigenvalue weighted by atomic mass is 15.3. The van der Waals surface area contributed by atoms with E-state index in [4.69, 9.17) is 0 Å². The highest BCUT2D eigenvalue weighted by Gasteiger charge is 2.36. The second-order valence-electron chi connectivity index (χ2n) is 5.53. The molecular weight excluding hydrogens is 236 g/mol. The topological polar surface area (TPSA) is 33.1 Å². The average Bonchev–Trinajstić information content (AvgIpc) is 2.80. The molecule has 1 rings (SSSR count). The molecule has 0 bridgehead atoms. The van der Waals surface area contributed by atoms with Crippen LogP contribution in [0.5, 0.6) is 0 Å². The molecule has 0 aromatic carbocycles. The summed E-state index contributed by atoms with van der Waals surface area (Å²) in [6, 6.07) is 2.61. The van der Waals surface area contributed by atoms with Gasteiger partial charge in [-0.2, -0.15) is 5.10 Å². The molecule has 0 aliphatic carbocycles. The zero-order valence-electron chi connectivity index (χ0n) is 13.4. The van der Waals surface area contributed by atoms with Crippen molar-refractivity contribution in [1.82, 2.24) is 20.0 Å². The molecule has 0 aliphatic rings. The SMILES string of the molecule is CCC(CC)(C(CCc1ccnn1C)NC)N(C)C. The summed E-state index contributed by atoms with van der Waals surface area (Å²) in [5, 5.41) is 7.78. The molecule has 1 unspecified atom stereocenters. The molecule has 0 spiro atoms. The Labute approximate surface area is 118 Å². The molecule has 0 saturated carbocycles. The van der Waals surface area contributed by atoms with Gasteiger partial charge in [0.1, 0.15) is 0 Å². The van der Waals surface area contributed by atoms with Gasteiger partial charge in [0.15, 0.2) is 0 Å². The van der Waals surface area contributed by atoms with Crippen LogP contribution in [-0.4, -0.2) is 47.4 Å². The quantitative estimate of drug-likeness (QED) is 0.782. The van der Waals surface area contributed by atoms with E-state index in [1.165, 1.54) is 5.69 Å². The molecular formula is C15H30N4. The zero-order chi connectivity index (χ0) is 14.5.